The summed E-state index contributed by atoms with van der Waals surface area (Å²) in [5, 5.41) is 0. The molecule has 0 saturated heterocycles. The number of rotatable bonds is 3. The molecule has 0 aromatic rings. The van der Waals surface area contributed by atoms with Crippen LogP contribution in [0.1, 0.15) is 0 Å². The molecule has 0 atom stereocenters. The van der Waals surface area contributed by atoms with Gasteiger partial charge >= 0.3 is 7.60 Å². The van der Waals surface area contributed by atoms with Crippen LogP contribution in [-0.2, 0) is 13.6 Å². The van der Waals surface area contributed by atoms with Gasteiger partial charge in [0.15, 0.2) is 0 Å². The van der Waals surface area contributed by atoms with Crippen molar-refractivity contribution in [1.82, 2.24) is 0 Å². The van der Waals surface area contributed by atoms with Crippen LogP contribution in [0.3, 0.4) is 0 Å². The van der Waals surface area contributed by atoms with E-state index in [9.17, 15) is 4.57 Å². The first-order chi connectivity index (χ1) is 4.18. The average Bonchev–Trinajstić information content (AvgIpc) is 1.89. The van der Waals surface area contributed by atoms with E-state index in [1.807, 2.05) is 0 Å². The summed E-state index contributed by atoms with van der Waals surface area (Å²) in [6.07, 6.45) is 0. The van der Waals surface area contributed by atoms with Crippen molar-refractivity contribution >= 4 is 19.2 Å². The molecule has 3 nitrogen and oxygen atoms in total. The van der Waals surface area contributed by atoms with Crippen molar-refractivity contribution in [3.8, 4) is 0 Å². The van der Waals surface area contributed by atoms with Gasteiger partial charge in [0, 0.05) is 25.6 Å². The van der Waals surface area contributed by atoms with Crippen LogP contribution in [0.4, 0.5) is 0 Å². The first-order valence-electron chi connectivity index (χ1n) is 2.17. The summed E-state index contributed by atoms with van der Waals surface area (Å²) in [5.41, 5.74) is 1.10. The summed E-state index contributed by atoms with van der Waals surface area (Å²) in [5.74, 6) is 1.18. The maximum absolute atomic E-state index is 10.9. The maximum Gasteiger partial charge on any atom is 0.354 e. The Balaban J connectivity index is 4.11. The van der Waals surface area contributed by atoms with E-state index in [4.69, 9.17) is 11.6 Å². The van der Waals surface area contributed by atoms with E-state index in [0.717, 1.165) is 5.54 Å². The van der Waals surface area contributed by atoms with Gasteiger partial charge in [-0.2, -0.15) is 0 Å². The Labute approximate surface area is 59.1 Å². The van der Waals surface area contributed by atoms with Crippen molar-refractivity contribution in [1.29, 1.82) is 0 Å². The third-order valence-corrected chi connectivity index (χ3v) is 2.58. The molecular weight excluding hydrogens is 162 g/mol. The van der Waals surface area contributed by atoms with Crippen molar-refractivity contribution < 1.29 is 13.6 Å². The topological polar surface area (TPSA) is 35.5 Å². The molecular formula is C4H8ClO3P. The molecule has 9 heavy (non-hydrogen) atoms. The Morgan fingerprint density at radius 3 is 2.00 bits per heavy atom. The van der Waals surface area contributed by atoms with E-state index in [2.05, 4.69) is 9.05 Å². The van der Waals surface area contributed by atoms with Crippen molar-refractivity contribution in [2.24, 2.45) is 0 Å². The van der Waals surface area contributed by atoms with Crippen molar-refractivity contribution in [2.75, 3.05) is 14.2 Å². The van der Waals surface area contributed by atoms with Crippen molar-refractivity contribution in [3.05, 3.63) is 11.4 Å². The first kappa shape index (κ1) is 9.18. The molecule has 0 aliphatic carbocycles. The lowest BCUT2D eigenvalue weighted by Crippen LogP contribution is -1.81. The van der Waals surface area contributed by atoms with Gasteiger partial charge in [-0.1, -0.05) is 11.6 Å². The van der Waals surface area contributed by atoms with Gasteiger partial charge in [-0.25, -0.2) is 0 Å². The van der Waals surface area contributed by atoms with Crippen LogP contribution in [-0.4, -0.2) is 14.2 Å². The van der Waals surface area contributed by atoms with Gasteiger partial charge in [0.2, 0.25) is 0 Å². The van der Waals surface area contributed by atoms with Gasteiger partial charge < -0.3 is 9.05 Å². The summed E-state index contributed by atoms with van der Waals surface area (Å²) < 4.78 is 19.9. The van der Waals surface area contributed by atoms with E-state index < -0.39 is 7.60 Å². The van der Waals surface area contributed by atoms with Crippen LogP contribution in [0.5, 0.6) is 0 Å². The van der Waals surface area contributed by atoms with Crippen molar-refractivity contribution in [3.63, 3.8) is 0 Å². The molecule has 0 aromatic carbocycles. The van der Waals surface area contributed by atoms with Crippen LogP contribution in [0.25, 0.3) is 0 Å². The summed E-state index contributed by atoms with van der Waals surface area (Å²) >= 11 is 5.13. The lowest BCUT2D eigenvalue weighted by atomic mass is 11.3. The molecule has 0 fully saturated rings. The molecule has 0 amide bonds. The van der Waals surface area contributed by atoms with Gasteiger partial charge in [-0.05, 0) is 0 Å². The van der Waals surface area contributed by atoms with Gasteiger partial charge in [-0.15, -0.1) is 0 Å². The standard InChI is InChI=1S/C4H8ClO3P/c1-7-9(6,8-2)4-3-5/h3-4H,1-2H3. The molecule has 0 rings (SSSR count). The normalized spacial score (nSPS) is 12.8. The van der Waals surface area contributed by atoms with Gasteiger partial charge in [0.25, 0.3) is 0 Å². The summed E-state index contributed by atoms with van der Waals surface area (Å²) in [6.45, 7) is 0. The molecule has 0 saturated carbocycles. The average molecular weight is 171 g/mol. The zero-order valence-electron chi connectivity index (χ0n) is 5.20. The number of halogens is 1. The van der Waals surface area contributed by atoms with Gasteiger partial charge in [0.1, 0.15) is 0 Å². The highest BCUT2D eigenvalue weighted by Gasteiger charge is 2.14. The van der Waals surface area contributed by atoms with Crippen LogP contribution < -0.4 is 0 Å². The smallest absolute Gasteiger partial charge is 0.309 e. The fourth-order valence-electron chi connectivity index (χ4n) is 0.265. The monoisotopic (exact) mass is 170 g/mol. The molecule has 0 bridgehead atoms. The zero-order chi connectivity index (χ0) is 7.33. The van der Waals surface area contributed by atoms with Crippen LogP contribution in [0.15, 0.2) is 11.4 Å². The van der Waals surface area contributed by atoms with Crippen LogP contribution in [0, 0.1) is 0 Å². The lowest BCUT2D eigenvalue weighted by molar-refractivity contribution is 0.286. The Bertz CT molecular complexity index is 137. The fraction of sp³-hybridized carbons (Fsp3) is 0.500. The fourth-order valence-corrected chi connectivity index (χ4v) is 1.21. The molecule has 0 aliphatic heterocycles. The largest absolute Gasteiger partial charge is 0.354 e. The highest BCUT2D eigenvalue weighted by atomic mass is 35.5. The highest BCUT2D eigenvalue weighted by molar-refractivity contribution is 7.57. The van der Waals surface area contributed by atoms with E-state index in [1.54, 1.807) is 0 Å². The molecule has 0 aromatic heterocycles. The SMILES string of the molecule is COP(=O)(C=CCl)OC. The lowest BCUT2D eigenvalue weighted by Gasteiger charge is -2.06. The van der Waals surface area contributed by atoms with Crippen LogP contribution >= 0.6 is 19.2 Å². The predicted octanol–water partition coefficient (Wildman–Crippen LogP) is 2.18. The van der Waals surface area contributed by atoms with Crippen molar-refractivity contribution in [2.45, 2.75) is 0 Å². The Kier molecular flexibility index (Phi) is 4.15. The zero-order valence-corrected chi connectivity index (χ0v) is 6.85. The minimum Gasteiger partial charge on any atom is -0.309 e. The molecule has 0 aliphatic rings. The quantitative estimate of drug-likeness (QED) is 0.609. The molecule has 54 valence electrons. The molecule has 0 N–H and O–H groups in total. The second kappa shape index (κ2) is 4.07. The maximum atomic E-state index is 10.9. The Hall–Kier alpha value is 0.180. The molecule has 0 radical (unpaired) electrons. The third kappa shape index (κ3) is 3.01. The van der Waals surface area contributed by atoms with E-state index in [1.165, 1.54) is 20.0 Å². The predicted molar refractivity (Wildman–Crippen MR) is 36.6 cm³/mol. The summed E-state index contributed by atoms with van der Waals surface area (Å²) in [7, 11) is -0.408. The van der Waals surface area contributed by atoms with Crippen LogP contribution in [0.2, 0.25) is 0 Å². The molecule has 0 spiro atoms. The molecule has 0 heterocycles. The summed E-state index contributed by atoms with van der Waals surface area (Å²) in [4.78, 5) is 0. The van der Waals surface area contributed by atoms with E-state index in [0.29, 0.717) is 0 Å². The number of hydrogen-bond acceptors (Lipinski definition) is 3. The van der Waals surface area contributed by atoms with E-state index in [-0.39, 0.29) is 0 Å². The molecule has 5 heteroatoms. The minimum atomic E-state index is -2.99. The van der Waals surface area contributed by atoms with Gasteiger partial charge in [0.05, 0.1) is 0 Å². The third-order valence-electron chi connectivity index (χ3n) is 0.748. The second-order valence-electron chi connectivity index (χ2n) is 1.18. The second-order valence-corrected chi connectivity index (χ2v) is 3.54. The Morgan fingerprint density at radius 1 is 1.44 bits per heavy atom. The minimum absolute atomic E-state index is 1.10. The first-order valence-corrected chi connectivity index (χ1v) is 4.22. The highest BCUT2D eigenvalue weighted by Crippen LogP contribution is 2.47. The summed E-state index contributed by atoms with van der Waals surface area (Å²) in [6, 6.07) is 0. The number of hydrogen-bond donors (Lipinski definition) is 0. The van der Waals surface area contributed by atoms with E-state index >= 15 is 0 Å². The molecule has 0 unspecified atom stereocenters. The van der Waals surface area contributed by atoms with Gasteiger partial charge in [-0.3, -0.25) is 4.57 Å². The Morgan fingerprint density at radius 2 is 1.89 bits per heavy atom.